The Hall–Kier alpha value is -1.58. The van der Waals surface area contributed by atoms with Crippen LogP contribution in [0.3, 0.4) is 0 Å². The molecule has 6 nitrogen and oxygen atoms in total. The van der Waals surface area contributed by atoms with Gasteiger partial charge in [-0.05, 0) is 61.6 Å². The lowest BCUT2D eigenvalue weighted by Crippen LogP contribution is -2.56. The predicted octanol–water partition coefficient (Wildman–Crippen LogP) is 5.04. The second-order valence-electron chi connectivity index (χ2n) is 5.85. The first kappa shape index (κ1) is 24.7. The molecule has 1 amide bonds. The molecule has 0 radical (unpaired) electrons. The molecule has 0 fully saturated rings. The third kappa shape index (κ3) is 7.59. The van der Waals surface area contributed by atoms with Crippen molar-refractivity contribution in [1.82, 2.24) is 10.6 Å². The van der Waals surface area contributed by atoms with Crippen LogP contribution in [0.2, 0.25) is 0 Å². The number of carbonyl (C=O) groups excluding carboxylic acids is 2. The zero-order valence-corrected chi connectivity index (χ0v) is 20.2. The van der Waals surface area contributed by atoms with Crippen molar-refractivity contribution in [2.45, 2.75) is 16.9 Å². The summed E-state index contributed by atoms with van der Waals surface area (Å²) in [5.41, 5.74) is 1.36. The molecule has 0 saturated carbocycles. The highest BCUT2D eigenvalue weighted by Crippen LogP contribution is 2.29. The lowest BCUT2D eigenvalue weighted by atomic mass is 10.2. The van der Waals surface area contributed by atoms with E-state index in [-0.39, 0.29) is 11.7 Å². The van der Waals surface area contributed by atoms with Crippen LogP contribution in [-0.2, 0) is 4.74 Å². The number of hydrogen-bond donors (Lipinski definition) is 3. The Morgan fingerprint density at radius 2 is 1.77 bits per heavy atom. The molecule has 0 heterocycles. The van der Waals surface area contributed by atoms with Crippen LogP contribution < -0.4 is 16.0 Å². The SMILES string of the molecule is CCOC(=O)c1ccc(NC(=S)N[C@H](NC(=O)c2cccc(Br)c2)C(Cl)(Cl)Cl)cc1. The maximum Gasteiger partial charge on any atom is 0.338 e. The molecule has 1 atom stereocenters. The number of nitrogens with one attached hydrogen (secondary N) is 3. The van der Waals surface area contributed by atoms with Crippen molar-refractivity contribution in [2.24, 2.45) is 0 Å². The molecule has 30 heavy (non-hydrogen) atoms. The number of alkyl halides is 3. The monoisotopic (exact) mass is 551 g/mol. The van der Waals surface area contributed by atoms with Crippen LogP contribution in [0.1, 0.15) is 27.6 Å². The summed E-state index contributed by atoms with van der Waals surface area (Å²) in [5.74, 6) is -0.877. The Morgan fingerprint density at radius 1 is 1.10 bits per heavy atom. The van der Waals surface area contributed by atoms with Gasteiger partial charge in [0.15, 0.2) is 5.11 Å². The van der Waals surface area contributed by atoms with Gasteiger partial charge in [-0.25, -0.2) is 4.79 Å². The van der Waals surface area contributed by atoms with E-state index in [1.165, 1.54) is 0 Å². The lowest BCUT2D eigenvalue weighted by molar-refractivity contribution is 0.0526. The number of amides is 1. The summed E-state index contributed by atoms with van der Waals surface area (Å²) >= 11 is 26.6. The highest BCUT2D eigenvalue weighted by Gasteiger charge is 2.35. The van der Waals surface area contributed by atoms with Gasteiger partial charge in [-0.3, -0.25) is 4.79 Å². The van der Waals surface area contributed by atoms with Crippen molar-refractivity contribution in [1.29, 1.82) is 0 Å². The van der Waals surface area contributed by atoms with Gasteiger partial charge in [0.25, 0.3) is 5.91 Å². The molecule has 0 aliphatic carbocycles. The van der Waals surface area contributed by atoms with Gasteiger partial charge in [0.2, 0.25) is 3.79 Å². The normalized spacial score (nSPS) is 11.9. The van der Waals surface area contributed by atoms with Gasteiger partial charge in [0.1, 0.15) is 6.17 Å². The molecule has 2 aromatic rings. The van der Waals surface area contributed by atoms with Gasteiger partial charge in [0, 0.05) is 15.7 Å². The van der Waals surface area contributed by atoms with Crippen LogP contribution in [0.15, 0.2) is 53.0 Å². The van der Waals surface area contributed by atoms with Crippen LogP contribution in [0.4, 0.5) is 5.69 Å². The summed E-state index contributed by atoms with van der Waals surface area (Å²) in [6, 6.07) is 13.2. The quantitative estimate of drug-likeness (QED) is 0.201. The van der Waals surface area contributed by atoms with E-state index >= 15 is 0 Å². The molecule has 11 heteroatoms. The summed E-state index contributed by atoms with van der Waals surface area (Å²) < 4.78 is 3.78. The zero-order valence-electron chi connectivity index (χ0n) is 15.5. The Morgan fingerprint density at radius 3 is 2.33 bits per heavy atom. The van der Waals surface area contributed by atoms with E-state index in [0.717, 1.165) is 4.47 Å². The summed E-state index contributed by atoms with van der Waals surface area (Å²) in [6.07, 6.45) is -1.12. The van der Waals surface area contributed by atoms with E-state index in [2.05, 4.69) is 31.9 Å². The van der Waals surface area contributed by atoms with E-state index in [1.54, 1.807) is 55.5 Å². The molecule has 0 bridgehead atoms. The van der Waals surface area contributed by atoms with Crippen LogP contribution >= 0.6 is 63.0 Å². The third-order valence-corrected chi connectivity index (χ3v) is 4.99. The van der Waals surface area contributed by atoms with E-state index in [1.807, 2.05) is 0 Å². The highest BCUT2D eigenvalue weighted by molar-refractivity contribution is 9.10. The molecule has 3 N–H and O–H groups in total. The van der Waals surface area contributed by atoms with Gasteiger partial charge in [-0.15, -0.1) is 0 Å². The molecule has 2 rings (SSSR count). The van der Waals surface area contributed by atoms with Crippen LogP contribution in [0.5, 0.6) is 0 Å². The van der Waals surface area contributed by atoms with Crippen molar-refractivity contribution < 1.29 is 14.3 Å². The minimum atomic E-state index is -1.89. The van der Waals surface area contributed by atoms with Crippen LogP contribution in [0, 0.1) is 0 Å². The molecule has 0 saturated heterocycles. The standard InChI is InChI=1S/C19H17BrCl3N3O3S/c1-2-29-16(28)11-6-8-14(9-7-11)24-18(30)26-17(19(21,22)23)25-15(27)12-4-3-5-13(20)10-12/h3-10,17H,2H2,1H3,(H,25,27)(H2,24,26,30)/t17-/m0/s1. The summed E-state index contributed by atoms with van der Waals surface area (Å²) in [6.45, 7) is 2.02. The van der Waals surface area contributed by atoms with Gasteiger partial charge in [-0.2, -0.15) is 0 Å². The summed E-state index contributed by atoms with van der Waals surface area (Å²) in [7, 11) is 0. The lowest BCUT2D eigenvalue weighted by Gasteiger charge is -2.27. The number of esters is 1. The number of rotatable bonds is 6. The predicted molar refractivity (Wildman–Crippen MR) is 127 cm³/mol. The molecule has 0 aromatic heterocycles. The van der Waals surface area contributed by atoms with E-state index in [4.69, 9.17) is 51.8 Å². The fraction of sp³-hybridized carbons (Fsp3) is 0.211. The number of ether oxygens (including phenoxy) is 1. The van der Waals surface area contributed by atoms with Gasteiger partial charge in [-0.1, -0.05) is 56.8 Å². The topological polar surface area (TPSA) is 79.5 Å². The Bertz CT molecular complexity index is 923. The maximum atomic E-state index is 12.5. The van der Waals surface area contributed by atoms with E-state index in [0.29, 0.717) is 16.8 Å². The minimum Gasteiger partial charge on any atom is -0.462 e. The molecule has 0 unspecified atom stereocenters. The number of hydrogen-bond acceptors (Lipinski definition) is 4. The number of thiocarbonyl (C=S) groups is 1. The molecular weight excluding hydrogens is 537 g/mol. The minimum absolute atomic E-state index is 0.102. The molecule has 160 valence electrons. The largest absolute Gasteiger partial charge is 0.462 e. The first-order chi connectivity index (χ1) is 14.1. The number of benzene rings is 2. The van der Waals surface area contributed by atoms with Crippen LogP contribution in [0.25, 0.3) is 0 Å². The molecule has 2 aromatic carbocycles. The first-order valence-corrected chi connectivity index (χ1v) is 10.9. The Kier molecular flexibility index (Phi) is 9.18. The smallest absolute Gasteiger partial charge is 0.338 e. The van der Waals surface area contributed by atoms with E-state index < -0.39 is 21.8 Å². The van der Waals surface area contributed by atoms with Crippen LogP contribution in [-0.4, -0.2) is 33.6 Å². The second-order valence-corrected chi connectivity index (χ2v) is 9.55. The fourth-order valence-corrected chi connectivity index (χ4v) is 3.21. The number of anilines is 1. The number of halogens is 4. The van der Waals surface area contributed by atoms with Gasteiger partial charge in [0.05, 0.1) is 12.2 Å². The zero-order chi connectivity index (χ0) is 22.3. The Balaban J connectivity index is 2.03. The summed E-state index contributed by atoms with van der Waals surface area (Å²) in [5, 5.41) is 8.37. The van der Waals surface area contributed by atoms with E-state index in [9.17, 15) is 9.59 Å². The second kappa shape index (κ2) is 11.2. The van der Waals surface area contributed by atoms with Crippen molar-refractivity contribution >= 4 is 85.6 Å². The third-order valence-electron chi connectivity index (χ3n) is 3.62. The average molecular weight is 554 g/mol. The number of carbonyl (C=O) groups is 2. The van der Waals surface area contributed by atoms with Gasteiger partial charge >= 0.3 is 5.97 Å². The highest BCUT2D eigenvalue weighted by atomic mass is 79.9. The Labute approximate surface area is 202 Å². The molecular formula is C19H17BrCl3N3O3S. The fourth-order valence-electron chi connectivity index (χ4n) is 2.25. The van der Waals surface area contributed by atoms with Crippen molar-refractivity contribution in [3.63, 3.8) is 0 Å². The molecule has 0 aliphatic rings. The van der Waals surface area contributed by atoms with Crippen molar-refractivity contribution in [3.05, 3.63) is 64.1 Å². The molecule has 0 aliphatic heterocycles. The first-order valence-electron chi connectivity index (χ1n) is 8.58. The van der Waals surface area contributed by atoms with Crippen molar-refractivity contribution in [2.75, 3.05) is 11.9 Å². The molecule has 0 spiro atoms. The van der Waals surface area contributed by atoms with Crippen molar-refractivity contribution in [3.8, 4) is 0 Å². The summed E-state index contributed by atoms with van der Waals surface area (Å²) in [4.78, 5) is 24.2. The average Bonchev–Trinajstić information content (AvgIpc) is 2.67. The van der Waals surface area contributed by atoms with Gasteiger partial charge < -0.3 is 20.7 Å². The maximum absolute atomic E-state index is 12.5.